The molecule has 3 N–H and O–H groups in total. The monoisotopic (exact) mass is 264 g/mol. The van der Waals surface area contributed by atoms with Crippen molar-refractivity contribution in [2.75, 3.05) is 5.73 Å². The molecule has 2 rings (SSSR count). The first-order chi connectivity index (χ1) is 8.99. The molecule has 0 radical (unpaired) electrons. The lowest BCUT2D eigenvalue weighted by molar-refractivity contribution is 0.174. The van der Waals surface area contributed by atoms with Crippen LogP contribution >= 0.6 is 0 Å². The van der Waals surface area contributed by atoms with Crippen molar-refractivity contribution in [2.45, 2.75) is 32.9 Å². The summed E-state index contributed by atoms with van der Waals surface area (Å²) in [5.74, 6) is 1.70. The summed E-state index contributed by atoms with van der Waals surface area (Å²) in [6.07, 6.45) is 2.76. The topological polar surface area (TPSA) is 94.8 Å². The van der Waals surface area contributed by atoms with Crippen LogP contribution < -0.4 is 5.73 Å². The van der Waals surface area contributed by atoms with E-state index in [9.17, 15) is 5.11 Å². The fraction of sp³-hybridized carbons (Fsp3) is 0.583. The fourth-order valence-corrected chi connectivity index (χ4v) is 1.95. The molecule has 7 heteroatoms. The molecular weight excluding hydrogens is 244 g/mol. The molecule has 0 bridgehead atoms. The Hall–Kier alpha value is -1.89. The maximum absolute atomic E-state index is 10.2. The summed E-state index contributed by atoms with van der Waals surface area (Å²) in [5, 5.41) is 18.4. The highest BCUT2D eigenvalue weighted by atomic mass is 16.3. The van der Waals surface area contributed by atoms with Gasteiger partial charge in [0.25, 0.3) is 0 Å². The average Bonchev–Trinajstić information content (AvgIpc) is 2.88. The van der Waals surface area contributed by atoms with E-state index in [0.29, 0.717) is 23.7 Å². The van der Waals surface area contributed by atoms with Crippen LogP contribution in [0.5, 0.6) is 0 Å². The van der Waals surface area contributed by atoms with Crippen molar-refractivity contribution in [3.05, 3.63) is 23.9 Å². The zero-order chi connectivity index (χ0) is 14.0. The molecule has 2 aromatic rings. The Morgan fingerprint density at radius 2 is 2.11 bits per heavy atom. The Bertz CT molecular complexity index is 544. The normalized spacial score (nSPS) is 13.1. The van der Waals surface area contributed by atoms with Gasteiger partial charge in [-0.2, -0.15) is 10.2 Å². The van der Waals surface area contributed by atoms with E-state index in [1.165, 1.54) is 11.0 Å². The zero-order valence-electron chi connectivity index (χ0n) is 11.5. The van der Waals surface area contributed by atoms with Gasteiger partial charge in [0.05, 0.1) is 12.3 Å². The highest BCUT2D eigenvalue weighted by Crippen LogP contribution is 2.22. The van der Waals surface area contributed by atoms with Gasteiger partial charge in [0.15, 0.2) is 0 Å². The van der Waals surface area contributed by atoms with E-state index in [2.05, 4.69) is 29.0 Å². The van der Waals surface area contributed by atoms with Crippen LogP contribution in [0.15, 0.2) is 12.5 Å². The number of hydrogen-bond donors (Lipinski definition) is 2. The first-order valence-corrected chi connectivity index (χ1v) is 6.31. The van der Waals surface area contributed by atoms with Gasteiger partial charge in [-0.25, -0.2) is 9.67 Å². The molecule has 104 valence electrons. The van der Waals surface area contributed by atoms with E-state index in [1.54, 1.807) is 13.2 Å². The highest BCUT2D eigenvalue weighted by molar-refractivity contribution is 5.40. The summed E-state index contributed by atoms with van der Waals surface area (Å²) < 4.78 is 3.36. The molecule has 0 aliphatic rings. The van der Waals surface area contributed by atoms with Crippen molar-refractivity contribution in [3.63, 3.8) is 0 Å². The second-order valence-electron chi connectivity index (χ2n) is 5.08. The molecule has 0 aliphatic heterocycles. The van der Waals surface area contributed by atoms with Gasteiger partial charge in [0.1, 0.15) is 18.0 Å². The third kappa shape index (κ3) is 2.93. The van der Waals surface area contributed by atoms with E-state index in [1.807, 2.05) is 4.68 Å². The van der Waals surface area contributed by atoms with Crippen molar-refractivity contribution < 1.29 is 5.11 Å². The standard InChI is InChI=1S/C12H20N6O/c1-8(2)6-18-11(14-7-16-18)4-10(19)9-5-15-17(3)12(9)13/h5,7-8,10,19H,4,6,13H2,1-3H3. The van der Waals surface area contributed by atoms with Crippen LogP contribution in [0.2, 0.25) is 0 Å². The van der Waals surface area contributed by atoms with Gasteiger partial charge < -0.3 is 10.8 Å². The lowest BCUT2D eigenvalue weighted by Crippen LogP contribution is -2.14. The molecule has 0 spiro atoms. The summed E-state index contributed by atoms with van der Waals surface area (Å²) in [7, 11) is 1.74. The zero-order valence-corrected chi connectivity index (χ0v) is 11.5. The van der Waals surface area contributed by atoms with Gasteiger partial charge in [0, 0.05) is 25.6 Å². The Labute approximate surface area is 112 Å². The molecule has 0 fully saturated rings. The number of nitrogens with two attached hydrogens (primary N) is 1. The predicted octanol–water partition coefficient (Wildman–Crippen LogP) is 0.526. The van der Waals surface area contributed by atoms with E-state index in [-0.39, 0.29) is 0 Å². The van der Waals surface area contributed by atoms with Gasteiger partial charge in [-0.05, 0) is 5.92 Å². The molecule has 19 heavy (non-hydrogen) atoms. The molecule has 1 atom stereocenters. The summed E-state index contributed by atoms with van der Waals surface area (Å²) in [4.78, 5) is 4.20. The Morgan fingerprint density at radius 1 is 1.37 bits per heavy atom. The molecule has 7 nitrogen and oxygen atoms in total. The number of anilines is 1. The SMILES string of the molecule is CC(C)Cn1ncnc1CC(O)c1cnn(C)c1N. The van der Waals surface area contributed by atoms with Gasteiger partial charge in [-0.1, -0.05) is 13.8 Å². The Kier molecular flexibility index (Phi) is 3.84. The molecule has 0 amide bonds. The van der Waals surface area contributed by atoms with Crippen molar-refractivity contribution in [1.29, 1.82) is 0 Å². The third-order valence-electron chi connectivity index (χ3n) is 2.98. The van der Waals surface area contributed by atoms with Gasteiger partial charge in [-0.15, -0.1) is 0 Å². The molecule has 0 aromatic carbocycles. The second-order valence-corrected chi connectivity index (χ2v) is 5.08. The van der Waals surface area contributed by atoms with E-state index in [4.69, 9.17) is 5.73 Å². The van der Waals surface area contributed by atoms with Crippen LogP contribution in [-0.2, 0) is 20.0 Å². The first kappa shape index (κ1) is 13.5. The van der Waals surface area contributed by atoms with Crippen LogP contribution in [0.4, 0.5) is 5.82 Å². The minimum Gasteiger partial charge on any atom is -0.388 e. The molecule has 2 heterocycles. The highest BCUT2D eigenvalue weighted by Gasteiger charge is 2.18. The summed E-state index contributed by atoms with van der Waals surface area (Å²) in [6.45, 7) is 5.01. The van der Waals surface area contributed by atoms with Crippen LogP contribution in [0, 0.1) is 5.92 Å². The number of nitrogen functional groups attached to an aromatic ring is 1. The molecule has 0 aliphatic carbocycles. The molecule has 0 saturated carbocycles. The first-order valence-electron chi connectivity index (χ1n) is 6.31. The lowest BCUT2D eigenvalue weighted by atomic mass is 10.1. The van der Waals surface area contributed by atoms with Crippen LogP contribution in [-0.4, -0.2) is 29.7 Å². The van der Waals surface area contributed by atoms with Crippen LogP contribution in [0.25, 0.3) is 0 Å². The molecule has 1 unspecified atom stereocenters. The second kappa shape index (κ2) is 5.40. The largest absolute Gasteiger partial charge is 0.388 e. The van der Waals surface area contributed by atoms with Crippen molar-refractivity contribution in [3.8, 4) is 0 Å². The number of aromatic nitrogens is 5. The van der Waals surface area contributed by atoms with E-state index >= 15 is 0 Å². The lowest BCUT2D eigenvalue weighted by Gasteiger charge is -2.12. The third-order valence-corrected chi connectivity index (χ3v) is 2.98. The quantitative estimate of drug-likeness (QED) is 0.821. The maximum atomic E-state index is 10.2. The predicted molar refractivity (Wildman–Crippen MR) is 71.1 cm³/mol. The minimum atomic E-state index is -0.719. The Balaban J connectivity index is 2.13. The van der Waals surface area contributed by atoms with Gasteiger partial charge >= 0.3 is 0 Å². The van der Waals surface area contributed by atoms with Crippen LogP contribution in [0.3, 0.4) is 0 Å². The number of aliphatic hydroxyl groups is 1. The summed E-state index contributed by atoms with van der Waals surface area (Å²) >= 11 is 0. The van der Waals surface area contributed by atoms with Gasteiger partial charge in [-0.3, -0.25) is 4.68 Å². The van der Waals surface area contributed by atoms with Crippen molar-refractivity contribution >= 4 is 5.82 Å². The molecule has 2 aromatic heterocycles. The average molecular weight is 264 g/mol. The number of rotatable bonds is 5. The van der Waals surface area contributed by atoms with E-state index < -0.39 is 6.10 Å². The van der Waals surface area contributed by atoms with Crippen molar-refractivity contribution in [1.82, 2.24) is 24.5 Å². The minimum absolute atomic E-state index is 0.378. The maximum Gasteiger partial charge on any atom is 0.138 e. The van der Waals surface area contributed by atoms with Crippen molar-refractivity contribution in [2.24, 2.45) is 13.0 Å². The molecule has 0 saturated heterocycles. The fourth-order valence-electron chi connectivity index (χ4n) is 1.95. The Morgan fingerprint density at radius 3 is 2.68 bits per heavy atom. The smallest absolute Gasteiger partial charge is 0.138 e. The number of hydrogen-bond acceptors (Lipinski definition) is 5. The van der Waals surface area contributed by atoms with E-state index in [0.717, 1.165) is 12.4 Å². The number of aliphatic hydroxyl groups excluding tert-OH is 1. The van der Waals surface area contributed by atoms with Crippen LogP contribution in [0.1, 0.15) is 31.3 Å². The number of aryl methyl sites for hydroxylation is 1. The summed E-state index contributed by atoms with van der Waals surface area (Å²) in [6, 6.07) is 0. The number of nitrogens with zero attached hydrogens (tertiary/aromatic N) is 5. The molecular formula is C12H20N6O. The van der Waals surface area contributed by atoms with Gasteiger partial charge in [0.2, 0.25) is 0 Å². The summed E-state index contributed by atoms with van der Waals surface area (Å²) in [5.41, 5.74) is 6.48.